The number of amidine groups is 1. The fourth-order valence-corrected chi connectivity index (χ4v) is 3.72. The molecular formula is C20H22N2O3S. The molecule has 0 aromatic heterocycles. The quantitative estimate of drug-likeness (QED) is 0.797. The van der Waals surface area contributed by atoms with Crippen LogP contribution in [0.15, 0.2) is 53.5 Å². The lowest BCUT2D eigenvalue weighted by Crippen LogP contribution is -2.36. The molecule has 0 radical (unpaired) electrons. The minimum absolute atomic E-state index is 0.0551. The Morgan fingerprint density at radius 2 is 2.00 bits per heavy atom. The third-order valence-corrected chi connectivity index (χ3v) is 5.00. The third-order valence-electron chi connectivity index (χ3n) is 3.92. The molecule has 1 heterocycles. The molecular weight excluding hydrogens is 348 g/mol. The van der Waals surface area contributed by atoms with E-state index in [1.807, 2.05) is 43.3 Å². The van der Waals surface area contributed by atoms with Crippen LogP contribution in [0.3, 0.4) is 0 Å². The number of carbonyl (C=O) groups excluding carboxylic acids is 1. The Labute approximate surface area is 158 Å². The van der Waals surface area contributed by atoms with Crippen LogP contribution in [-0.4, -0.2) is 41.5 Å². The van der Waals surface area contributed by atoms with Crippen molar-refractivity contribution in [2.45, 2.75) is 19.1 Å². The van der Waals surface area contributed by atoms with Crippen molar-refractivity contribution in [2.75, 3.05) is 20.3 Å². The minimum Gasteiger partial charge on any atom is -0.493 e. The van der Waals surface area contributed by atoms with Gasteiger partial charge in [0.15, 0.2) is 23.3 Å². The van der Waals surface area contributed by atoms with Gasteiger partial charge in [0, 0.05) is 11.8 Å². The van der Waals surface area contributed by atoms with Crippen LogP contribution in [0.4, 0.5) is 5.69 Å². The van der Waals surface area contributed by atoms with E-state index < -0.39 is 0 Å². The molecule has 5 nitrogen and oxygen atoms in total. The predicted octanol–water partition coefficient (Wildman–Crippen LogP) is 4.03. The lowest BCUT2D eigenvalue weighted by molar-refractivity contribution is -0.129. The first-order valence-corrected chi connectivity index (χ1v) is 9.33. The number of carbonyl (C=O) groups is 1. The van der Waals surface area contributed by atoms with Crippen molar-refractivity contribution in [3.05, 3.63) is 54.1 Å². The first-order valence-electron chi connectivity index (χ1n) is 8.45. The summed E-state index contributed by atoms with van der Waals surface area (Å²) in [5.74, 6) is 1.05. The van der Waals surface area contributed by atoms with Crippen molar-refractivity contribution < 1.29 is 14.3 Å². The molecule has 1 amide bonds. The van der Waals surface area contributed by atoms with Crippen molar-refractivity contribution in [1.82, 2.24) is 4.90 Å². The summed E-state index contributed by atoms with van der Waals surface area (Å²) in [6, 6.07) is 15.2. The van der Waals surface area contributed by atoms with E-state index in [2.05, 4.69) is 11.9 Å². The topological polar surface area (TPSA) is 51.1 Å². The number of nitrogens with zero attached hydrogens (tertiary/aromatic N) is 2. The first-order chi connectivity index (χ1) is 12.6. The minimum atomic E-state index is -0.112. The number of hydrogen-bond donors (Lipinski definition) is 0. The first kappa shape index (κ1) is 18.3. The second-order valence-electron chi connectivity index (χ2n) is 6.11. The van der Waals surface area contributed by atoms with Crippen molar-refractivity contribution in [3.8, 4) is 11.5 Å². The van der Waals surface area contributed by atoms with E-state index in [1.165, 1.54) is 0 Å². The van der Waals surface area contributed by atoms with Crippen molar-refractivity contribution in [2.24, 2.45) is 4.99 Å². The number of rotatable bonds is 5. The molecule has 0 spiro atoms. The monoisotopic (exact) mass is 370 g/mol. The molecule has 2 aromatic carbocycles. The number of thioether (sulfide) groups is 1. The maximum absolute atomic E-state index is 12.7. The highest BCUT2D eigenvalue weighted by atomic mass is 32.2. The van der Waals surface area contributed by atoms with Crippen LogP contribution in [0.25, 0.3) is 0 Å². The van der Waals surface area contributed by atoms with E-state index in [-0.39, 0.29) is 12.5 Å². The van der Waals surface area contributed by atoms with Crippen LogP contribution in [0.1, 0.15) is 12.5 Å². The van der Waals surface area contributed by atoms with Crippen LogP contribution in [-0.2, 0) is 4.79 Å². The van der Waals surface area contributed by atoms with E-state index in [9.17, 15) is 4.79 Å². The Morgan fingerprint density at radius 1 is 1.23 bits per heavy atom. The van der Waals surface area contributed by atoms with Gasteiger partial charge in [0.2, 0.25) is 0 Å². The zero-order valence-electron chi connectivity index (χ0n) is 15.1. The van der Waals surface area contributed by atoms with Crippen molar-refractivity contribution in [1.29, 1.82) is 0 Å². The average Bonchev–Trinajstić information content (AvgIpc) is 3.00. The number of para-hydroxylation sites is 2. The molecule has 0 bridgehead atoms. The number of aryl methyl sites for hydroxylation is 1. The van der Waals surface area contributed by atoms with E-state index in [0.717, 1.165) is 16.4 Å². The zero-order chi connectivity index (χ0) is 18.5. The Morgan fingerprint density at radius 3 is 2.73 bits per heavy atom. The molecule has 26 heavy (non-hydrogen) atoms. The highest BCUT2D eigenvalue weighted by Crippen LogP contribution is 2.29. The van der Waals surface area contributed by atoms with E-state index in [4.69, 9.17) is 9.47 Å². The second kappa shape index (κ2) is 8.27. The fraction of sp³-hybridized carbons (Fsp3) is 0.300. The molecule has 0 aliphatic carbocycles. The summed E-state index contributed by atoms with van der Waals surface area (Å²) < 4.78 is 10.9. The lowest BCUT2D eigenvalue weighted by atomic mass is 10.2. The Kier molecular flexibility index (Phi) is 5.83. The van der Waals surface area contributed by atoms with E-state index in [0.29, 0.717) is 23.3 Å². The summed E-state index contributed by atoms with van der Waals surface area (Å²) in [5.41, 5.74) is 1.99. The van der Waals surface area contributed by atoms with Crippen LogP contribution >= 0.6 is 11.8 Å². The smallest absolute Gasteiger partial charge is 0.266 e. The van der Waals surface area contributed by atoms with Gasteiger partial charge in [-0.05, 0) is 36.8 Å². The van der Waals surface area contributed by atoms with Gasteiger partial charge in [0.1, 0.15) is 0 Å². The summed E-state index contributed by atoms with van der Waals surface area (Å²) in [6.07, 6.45) is 0. The van der Waals surface area contributed by atoms with Gasteiger partial charge in [0.05, 0.1) is 12.8 Å². The molecule has 1 aliphatic rings. The highest BCUT2D eigenvalue weighted by Gasteiger charge is 2.31. The summed E-state index contributed by atoms with van der Waals surface area (Å²) >= 11 is 1.61. The number of benzene rings is 2. The molecule has 1 aliphatic heterocycles. The second-order valence-corrected chi connectivity index (χ2v) is 7.51. The SMILES string of the molecule is COc1ccccc1OCC(=O)N1C[C@H](C)SC1=Nc1cccc(C)c1. The van der Waals surface area contributed by atoms with Crippen LogP contribution in [0.2, 0.25) is 0 Å². The van der Waals surface area contributed by atoms with Gasteiger partial charge in [0.25, 0.3) is 5.91 Å². The summed E-state index contributed by atoms with van der Waals surface area (Å²) in [5, 5.41) is 1.02. The van der Waals surface area contributed by atoms with Gasteiger partial charge < -0.3 is 9.47 Å². The molecule has 3 rings (SSSR count). The maximum Gasteiger partial charge on any atom is 0.266 e. The molecule has 6 heteroatoms. The van der Waals surface area contributed by atoms with Gasteiger partial charge in [-0.3, -0.25) is 9.69 Å². The van der Waals surface area contributed by atoms with Gasteiger partial charge >= 0.3 is 0 Å². The third kappa shape index (κ3) is 4.38. The Balaban J connectivity index is 1.72. The summed E-state index contributed by atoms with van der Waals surface area (Å²) in [4.78, 5) is 19.1. The highest BCUT2D eigenvalue weighted by molar-refractivity contribution is 8.14. The number of aliphatic imine (C=N–C) groups is 1. The standard InChI is InChI=1S/C20H22N2O3S/c1-14-7-6-8-16(11-14)21-20-22(12-15(2)26-20)19(23)13-25-18-10-5-4-9-17(18)24-3/h4-11,15H,12-13H2,1-3H3/t15-/m0/s1. The van der Waals surface area contributed by atoms with E-state index in [1.54, 1.807) is 35.9 Å². The number of hydrogen-bond acceptors (Lipinski definition) is 5. The van der Waals surface area contributed by atoms with Crippen LogP contribution in [0, 0.1) is 6.92 Å². The molecule has 0 unspecified atom stereocenters. The maximum atomic E-state index is 12.7. The van der Waals surface area contributed by atoms with Gasteiger partial charge in [-0.25, -0.2) is 4.99 Å². The molecule has 1 fully saturated rings. The van der Waals surface area contributed by atoms with E-state index >= 15 is 0 Å². The largest absolute Gasteiger partial charge is 0.493 e. The summed E-state index contributed by atoms with van der Waals surface area (Å²) in [7, 11) is 1.58. The number of methoxy groups -OCH3 is 1. The average molecular weight is 370 g/mol. The zero-order valence-corrected chi connectivity index (χ0v) is 16.0. The number of ether oxygens (including phenoxy) is 2. The normalized spacial score (nSPS) is 18.2. The Hall–Kier alpha value is -2.47. The molecule has 2 aromatic rings. The van der Waals surface area contributed by atoms with Crippen LogP contribution < -0.4 is 9.47 Å². The molecule has 1 saturated heterocycles. The lowest BCUT2D eigenvalue weighted by Gasteiger charge is -2.17. The summed E-state index contributed by atoms with van der Waals surface area (Å²) in [6.45, 7) is 4.69. The molecule has 0 saturated carbocycles. The Bertz CT molecular complexity index is 822. The molecule has 136 valence electrons. The number of amides is 1. The van der Waals surface area contributed by atoms with Gasteiger partial charge in [-0.1, -0.05) is 43.0 Å². The van der Waals surface area contributed by atoms with Crippen molar-refractivity contribution >= 4 is 28.5 Å². The fourth-order valence-electron chi connectivity index (χ4n) is 2.67. The van der Waals surface area contributed by atoms with Crippen molar-refractivity contribution in [3.63, 3.8) is 0 Å². The molecule has 0 N–H and O–H groups in total. The molecule has 1 atom stereocenters. The van der Waals surface area contributed by atoms with Crippen LogP contribution in [0.5, 0.6) is 11.5 Å². The predicted molar refractivity (Wildman–Crippen MR) is 106 cm³/mol. The van der Waals surface area contributed by atoms with Gasteiger partial charge in [-0.15, -0.1) is 0 Å². The van der Waals surface area contributed by atoms with Gasteiger partial charge in [-0.2, -0.15) is 0 Å².